The fraction of sp³-hybridized carbons (Fsp3) is 0.524. The molecule has 0 saturated carbocycles. The molecular weight excluding hydrogens is 390 g/mol. The van der Waals surface area contributed by atoms with Gasteiger partial charge in [0.1, 0.15) is 0 Å². The van der Waals surface area contributed by atoms with E-state index in [-0.39, 0.29) is 23.3 Å². The van der Waals surface area contributed by atoms with Gasteiger partial charge in [-0.15, -0.1) is 5.92 Å². The molecule has 154 valence electrons. The summed E-state index contributed by atoms with van der Waals surface area (Å²) in [5.41, 5.74) is 0.448. The molecule has 2 fully saturated rings. The van der Waals surface area contributed by atoms with Gasteiger partial charge in [0.15, 0.2) is 16.4 Å². The van der Waals surface area contributed by atoms with Crippen LogP contribution in [-0.2, 0) is 14.6 Å². The lowest BCUT2D eigenvalue weighted by Crippen LogP contribution is -2.34. The van der Waals surface area contributed by atoms with Crippen molar-refractivity contribution in [2.45, 2.75) is 18.2 Å². The highest BCUT2D eigenvalue weighted by molar-refractivity contribution is 7.91. The molecule has 2 aliphatic heterocycles. The normalized spacial score (nSPS) is 21.2. The molecule has 2 atom stereocenters. The van der Waals surface area contributed by atoms with Crippen molar-refractivity contribution in [1.82, 2.24) is 9.80 Å². The molecule has 29 heavy (non-hydrogen) atoms. The van der Waals surface area contributed by atoms with E-state index in [2.05, 4.69) is 16.7 Å². The van der Waals surface area contributed by atoms with Crippen LogP contribution in [0.3, 0.4) is 0 Å². The molecule has 2 unspecified atom stereocenters. The van der Waals surface area contributed by atoms with Gasteiger partial charge in [-0.05, 0) is 56.0 Å². The van der Waals surface area contributed by atoms with Crippen molar-refractivity contribution in [3.05, 3.63) is 29.8 Å². The molecule has 1 aromatic carbocycles. The average Bonchev–Trinajstić information content (AvgIpc) is 3.27. The van der Waals surface area contributed by atoms with E-state index in [1.807, 2.05) is 6.07 Å². The summed E-state index contributed by atoms with van der Waals surface area (Å²) in [4.78, 5) is 16.3. The van der Waals surface area contributed by atoms with Crippen LogP contribution in [0.15, 0.2) is 29.2 Å². The minimum atomic E-state index is -3.34. The molecule has 1 aromatic rings. The van der Waals surface area contributed by atoms with Crippen molar-refractivity contribution in [2.75, 3.05) is 45.1 Å². The van der Waals surface area contributed by atoms with Crippen LogP contribution in [0, 0.1) is 35.0 Å². The van der Waals surface area contributed by atoms with Crippen molar-refractivity contribution in [2.24, 2.45) is 11.8 Å². The monoisotopic (exact) mass is 415 g/mol. The molecule has 2 aliphatic rings. The Morgan fingerprint density at radius 3 is 2.41 bits per heavy atom. The topological polar surface area (TPSA) is 90.7 Å². The maximum absolute atomic E-state index is 12.5. The second kappa shape index (κ2) is 9.30. The summed E-state index contributed by atoms with van der Waals surface area (Å²) in [7, 11) is -3.34. The molecule has 0 N–H and O–H groups in total. The standard InChI is InChI=1S/C21H25N3O4S/c1-2-3-10-28-21(25)24-15-18-13-23(14-19(18)16-24)9-4-11-29(26,27)20-7-5-17(12-22)6-8-20/h5-8,18-19H,4,9-11,13-16H2,1H3. The number of rotatable bonds is 6. The maximum atomic E-state index is 12.5. The first kappa shape index (κ1) is 21.2. The second-order valence-electron chi connectivity index (χ2n) is 7.47. The molecule has 2 saturated heterocycles. The van der Waals surface area contributed by atoms with Crippen LogP contribution in [0.2, 0.25) is 0 Å². The first-order valence-electron chi connectivity index (χ1n) is 9.69. The Bertz CT molecular complexity index is 927. The molecule has 7 nitrogen and oxygen atoms in total. The molecule has 3 rings (SSSR count). The van der Waals surface area contributed by atoms with Gasteiger partial charge in [-0.2, -0.15) is 5.26 Å². The molecule has 0 radical (unpaired) electrons. The van der Waals surface area contributed by atoms with E-state index in [0.29, 0.717) is 36.9 Å². The third-order valence-electron chi connectivity index (χ3n) is 5.49. The average molecular weight is 416 g/mol. The predicted molar refractivity (Wildman–Crippen MR) is 108 cm³/mol. The van der Waals surface area contributed by atoms with Crippen molar-refractivity contribution in [3.63, 3.8) is 0 Å². The minimum absolute atomic E-state index is 0.0850. The van der Waals surface area contributed by atoms with Gasteiger partial charge in [0.25, 0.3) is 0 Å². The molecular formula is C21H25N3O4S. The number of benzene rings is 1. The number of sulfone groups is 1. The molecule has 0 bridgehead atoms. The van der Waals surface area contributed by atoms with Crippen LogP contribution >= 0.6 is 0 Å². The zero-order chi connectivity index (χ0) is 20.9. The Morgan fingerprint density at radius 2 is 1.83 bits per heavy atom. The van der Waals surface area contributed by atoms with Gasteiger partial charge >= 0.3 is 6.09 Å². The summed E-state index contributed by atoms with van der Waals surface area (Å²) in [6, 6.07) is 8.03. The summed E-state index contributed by atoms with van der Waals surface area (Å²) >= 11 is 0. The Hall–Kier alpha value is -2.55. The molecule has 0 aliphatic carbocycles. The van der Waals surface area contributed by atoms with E-state index in [4.69, 9.17) is 10.00 Å². The SMILES string of the molecule is CC#CCOC(=O)N1CC2CN(CCCS(=O)(=O)c3ccc(C#N)cc3)CC2C1. The van der Waals surface area contributed by atoms with Crippen LogP contribution in [0.25, 0.3) is 0 Å². The van der Waals surface area contributed by atoms with E-state index < -0.39 is 9.84 Å². The molecule has 0 aromatic heterocycles. The second-order valence-corrected chi connectivity index (χ2v) is 9.58. The lowest BCUT2D eigenvalue weighted by molar-refractivity contribution is 0.118. The quantitative estimate of drug-likeness (QED) is 0.658. The lowest BCUT2D eigenvalue weighted by atomic mass is 10.0. The van der Waals surface area contributed by atoms with E-state index in [9.17, 15) is 13.2 Å². The summed E-state index contributed by atoms with van der Waals surface area (Å²) < 4.78 is 30.0. The minimum Gasteiger partial charge on any atom is -0.436 e. The maximum Gasteiger partial charge on any atom is 0.410 e. The van der Waals surface area contributed by atoms with Crippen molar-refractivity contribution >= 4 is 15.9 Å². The lowest BCUT2D eigenvalue weighted by Gasteiger charge is -2.21. The van der Waals surface area contributed by atoms with Crippen molar-refractivity contribution in [3.8, 4) is 17.9 Å². The molecule has 1 amide bonds. The van der Waals surface area contributed by atoms with Gasteiger partial charge in [0, 0.05) is 26.2 Å². The molecule has 2 heterocycles. The van der Waals surface area contributed by atoms with Gasteiger partial charge < -0.3 is 14.5 Å². The number of nitriles is 1. The Balaban J connectivity index is 1.42. The van der Waals surface area contributed by atoms with Crippen LogP contribution in [0.5, 0.6) is 0 Å². The fourth-order valence-corrected chi connectivity index (χ4v) is 5.31. The zero-order valence-corrected chi connectivity index (χ0v) is 17.3. The number of nitrogens with zero attached hydrogens (tertiary/aromatic N) is 3. The largest absolute Gasteiger partial charge is 0.436 e. The zero-order valence-electron chi connectivity index (χ0n) is 16.5. The van der Waals surface area contributed by atoms with E-state index in [0.717, 1.165) is 19.6 Å². The number of hydrogen-bond acceptors (Lipinski definition) is 6. The van der Waals surface area contributed by atoms with Crippen molar-refractivity contribution < 1.29 is 17.9 Å². The highest BCUT2D eigenvalue weighted by Crippen LogP contribution is 2.31. The van der Waals surface area contributed by atoms with E-state index in [1.54, 1.807) is 11.8 Å². The Kier molecular flexibility index (Phi) is 6.79. The smallest absolute Gasteiger partial charge is 0.410 e. The van der Waals surface area contributed by atoms with Gasteiger partial charge in [0.2, 0.25) is 0 Å². The van der Waals surface area contributed by atoms with Crippen LogP contribution in [0.4, 0.5) is 4.79 Å². The number of hydrogen-bond donors (Lipinski definition) is 0. The fourth-order valence-electron chi connectivity index (χ4n) is 4.02. The van der Waals surface area contributed by atoms with Crippen LogP contribution < -0.4 is 0 Å². The summed E-state index contributed by atoms with van der Waals surface area (Å²) in [6.45, 7) is 5.67. The van der Waals surface area contributed by atoms with E-state index >= 15 is 0 Å². The first-order valence-corrected chi connectivity index (χ1v) is 11.3. The first-order chi connectivity index (χ1) is 13.9. The van der Waals surface area contributed by atoms with Gasteiger partial charge in [-0.1, -0.05) is 5.92 Å². The summed E-state index contributed by atoms with van der Waals surface area (Å²) in [5.74, 6) is 6.33. The number of fused-ring (bicyclic) bond motifs is 1. The Morgan fingerprint density at radius 1 is 1.17 bits per heavy atom. The highest BCUT2D eigenvalue weighted by Gasteiger charge is 2.41. The van der Waals surface area contributed by atoms with E-state index in [1.165, 1.54) is 24.3 Å². The Labute approximate surface area is 172 Å². The molecule has 0 spiro atoms. The predicted octanol–water partition coefficient (Wildman–Crippen LogP) is 1.75. The van der Waals surface area contributed by atoms with Gasteiger partial charge in [-0.3, -0.25) is 0 Å². The van der Waals surface area contributed by atoms with Gasteiger partial charge in [-0.25, -0.2) is 13.2 Å². The van der Waals surface area contributed by atoms with Gasteiger partial charge in [0.05, 0.1) is 22.3 Å². The summed E-state index contributed by atoms with van der Waals surface area (Å²) in [6.07, 6.45) is 0.255. The number of carbonyl (C=O) groups is 1. The third-order valence-corrected chi connectivity index (χ3v) is 7.31. The van der Waals surface area contributed by atoms with Crippen LogP contribution in [-0.4, -0.2) is 69.4 Å². The summed E-state index contributed by atoms with van der Waals surface area (Å²) in [5, 5.41) is 8.82. The third kappa shape index (κ3) is 5.29. The molecule has 8 heteroatoms. The number of likely N-dealkylation sites (tertiary alicyclic amines) is 2. The van der Waals surface area contributed by atoms with Crippen molar-refractivity contribution in [1.29, 1.82) is 5.26 Å². The highest BCUT2D eigenvalue weighted by atomic mass is 32.2. The van der Waals surface area contributed by atoms with Crippen LogP contribution in [0.1, 0.15) is 18.9 Å². The number of carbonyl (C=O) groups excluding carboxylic acids is 1. The number of amides is 1. The number of ether oxygens (including phenoxy) is 1.